The summed E-state index contributed by atoms with van der Waals surface area (Å²) in [4.78, 5) is 0. The first-order chi connectivity index (χ1) is 12.2. The Balaban J connectivity index is 1.44. The summed E-state index contributed by atoms with van der Waals surface area (Å²) in [6, 6.07) is 4.40. The normalized spacial score (nSPS) is 30.7. The molecule has 2 fully saturated rings. The summed E-state index contributed by atoms with van der Waals surface area (Å²) in [5, 5.41) is 0. The van der Waals surface area contributed by atoms with Crippen molar-refractivity contribution in [2.45, 2.75) is 70.1 Å². The predicted octanol–water partition coefficient (Wildman–Crippen LogP) is 7.31. The second-order valence-electron chi connectivity index (χ2n) is 8.01. The molecule has 0 unspecified atom stereocenters. The Morgan fingerprint density at radius 1 is 0.840 bits per heavy atom. The molecule has 138 valence electrons. The fraction of sp³-hybridized carbons (Fsp3) is 0.636. The van der Waals surface area contributed by atoms with Crippen LogP contribution in [-0.2, 0) is 0 Å². The molecule has 3 heteroatoms. The van der Waals surface area contributed by atoms with Gasteiger partial charge in [-0.25, -0.2) is 13.2 Å². The fourth-order valence-corrected chi connectivity index (χ4v) is 5.03. The van der Waals surface area contributed by atoms with Gasteiger partial charge in [-0.15, -0.1) is 0 Å². The third kappa shape index (κ3) is 4.89. The van der Waals surface area contributed by atoms with Crippen LogP contribution in [-0.4, -0.2) is 0 Å². The van der Waals surface area contributed by atoms with E-state index in [-0.39, 0.29) is 0 Å². The zero-order valence-electron chi connectivity index (χ0n) is 14.9. The molecule has 0 spiro atoms. The van der Waals surface area contributed by atoms with Gasteiger partial charge in [-0.3, -0.25) is 0 Å². The average molecular weight is 350 g/mol. The van der Waals surface area contributed by atoms with E-state index < -0.39 is 11.6 Å². The average Bonchev–Trinajstić information content (AvgIpc) is 2.65. The maximum absolute atomic E-state index is 13.4. The summed E-state index contributed by atoms with van der Waals surface area (Å²) in [5.74, 6) is 1.31. The summed E-state index contributed by atoms with van der Waals surface area (Å²) >= 11 is 0. The van der Waals surface area contributed by atoms with E-state index in [1.807, 2.05) is 0 Å². The molecule has 0 bridgehead atoms. The molecule has 0 N–H and O–H groups in total. The molecule has 0 atom stereocenters. The van der Waals surface area contributed by atoms with E-state index in [9.17, 15) is 13.2 Å². The highest BCUT2D eigenvalue weighted by Gasteiger charge is 2.31. The van der Waals surface area contributed by atoms with Crippen LogP contribution >= 0.6 is 0 Å². The molecule has 2 saturated carbocycles. The lowest BCUT2D eigenvalue weighted by Crippen LogP contribution is -2.25. The summed E-state index contributed by atoms with van der Waals surface area (Å²) < 4.78 is 38.6. The van der Waals surface area contributed by atoms with E-state index in [0.717, 1.165) is 49.0 Å². The van der Waals surface area contributed by atoms with Crippen LogP contribution in [0.5, 0.6) is 0 Å². The summed E-state index contributed by atoms with van der Waals surface area (Å²) in [6.07, 6.45) is 14.1. The number of allylic oxidation sites excluding steroid dienone is 1. The third-order valence-corrected chi connectivity index (χ3v) is 6.58. The summed E-state index contributed by atoms with van der Waals surface area (Å²) in [5.41, 5.74) is 0.960. The van der Waals surface area contributed by atoms with Crippen molar-refractivity contribution in [3.63, 3.8) is 0 Å². The van der Waals surface area contributed by atoms with Gasteiger partial charge in [0.2, 0.25) is 0 Å². The van der Waals surface area contributed by atoms with E-state index in [4.69, 9.17) is 0 Å². The maximum Gasteiger partial charge on any atom is 0.159 e. The molecule has 0 nitrogen and oxygen atoms in total. The molecule has 25 heavy (non-hydrogen) atoms. The Morgan fingerprint density at radius 2 is 1.48 bits per heavy atom. The fourth-order valence-electron chi connectivity index (χ4n) is 5.03. The number of halogens is 3. The summed E-state index contributed by atoms with van der Waals surface area (Å²) in [7, 11) is 0. The van der Waals surface area contributed by atoms with Crippen molar-refractivity contribution in [3.05, 3.63) is 47.8 Å². The van der Waals surface area contributed by atoms with Gasteiger partial charge in [-0.1, -0.05) is 25.0 Å². The Hall–Kier alpha value is -1.25. The number of hydrogen-bond donors (Lipinski definition) is 0. The Labute approximate surface area is 149 Å². The van der Waals surface area contributed by atoms with E-state index in [1.54, 1.807) is 12.1 Å². The van der Waals surface area contributed by atoms with Crippen LogP contribution in [0.2, 0.25) is 0 Å². The van der Waals surface area contributed by atoms with Gasteiger partial charge in [0, 0.05) is 0 Å². The molecule has 2 aliphatic rings. The number of hydrogen-bond acceptors (Lipinski definition) is 0. The van der Waals surface area contributed by atoms with Crippen LogP contribution in [0.15, 0.2) is 30.6 Å². The minimum atomic E-state index is -0.754. The summed E-state index contributed by atoms with van der Waals surface area (Å²) in [6.45, 7) is 0. The SMILES string of the molecule is F/C=C/CCC1CCC(C2CCC(c3ccc(F)c(F)c3)CC2)CC1. The van der Waals surface area contributed by atoms with Gasteiger partial charge in [0.05, 0.1) is 6.33 Å². The van der Waals surface area contributed by atoms with Crippen molar-refractivity contribution in [1.82, 2.24) is 0 Å². The first kappa shape index (κ1) is 18.5. The van der Waals surface area contributed by atoms with Crippen molar-refractivity contribution in [3.8, 4) is 0 Å². The minimum Gasteiger partial charge on any atom is -0.216 e. The van der Waals surface area contributed by atoms with Gasteiger partial charge < -0.3 is 0 Å². The Bertz CT molecular complexity index is 565. The zero-order chi connectivity index (χ0) is 17.6. The van der Waals surface area contributed by atoms with Gasteiger partial charge in [-0.05, 0) is 92.7 Å². The van der Waals surface area contributed by atoms with Crippen LogP contribution < -0.4 is 0 Å². The third-order valence-electron chi connectivity index (χ3n) is 6.58. The van der Waals surface area contributed by atoms with Crippen LogP contribution in [0.4, 0.5) is 13.2 Å². The topological polar surface area (TPSA) is 0 Å². The van der Waals surface area contributed by atoms with Gasteiger partial charge >= 0.3 is 0 Å². The lowest BCUT2D eigenvalue weighted by atomic mass is 9.68. The molecular formula is C22H29F3. The molecule has 0 amide bonds. The highest BCUT2D eigenvalue weighted by atomic mass is 19.2. The van der Waals surface area contributed by atoms with Crippen molar-refractivity contribution < 1.29 is 13.2 Å². The van der Waals surface area contributed by atoms with E-state index >= 15 is 0 Å². The lowest BCUT2D eigenvalue weighted by Gasteiger charge is -2.38. The predicted molar refractivity (Wildman–Crippen MR) is 96.0 cm³/mol. The number of benzene rings is 1. The molecule has 0 aromatic heterocycles. The van der Waals surface area contributed by atoms with Crippen LogP contribution in [0, 0.1) is 29.4 Å². The second kappa shape index (κ2) is 8.91. The van der Waals surface area contributed by atoms with Crippen molar-refractivity contribution in [2.75, 3.05) is 0 Å². The van der Waals surface area contributed by atoms with Crippen molar-refractivity contribution in [2.24, 2.45) is 17.8 Å². The van der Waals surface area contributed by atoms with Crippen molar-refractivity contribution in [1.29, 1.82) is 0 Å². The molecule has 3 rings (SSSR count). The van der Waals surface area contributed by atoms with Gasteiger partial charge in [0.1, 0.15) is 0 Å². The van der Waals surface area contributed by atoms with Crippen LogP contribution in [0.1, 0.15) is 75.7 Å². The quantitative estimate of drug-likeness (QED) is 0.522. The molecule has 1 aromatic carbocycles. The minimum absolute atomic E-state index is 0.384. The first-order valence-electron chi connectivity index (χ1n) is 9.87. The monoisotopic (exact) mass is 350 g/mol. The molecular weight excluding hydrogens is 321 g/mol. The van der Waals surface area contributed by atoms with Crippen molar-refractivity contribution >= 4 is 0 Å². The molecule has 0 heterocycles. The van der Waals surface area contributed by atoms with E-state index in [2.05, 4.69) is 0 Å². The smallest absolute Gasteiger partial charge is 0.159 e. The molecule has 2 aliphatic carbocycles. The van der Waals surface area contributed by atoms with Crippen LogP contribution in [0.3, 0.4) is 0 Å². The molecule has 0 aliphatic heterocycles. The highest BCUT2D eigenvalue weighted by Crippen LogP contribution is 2.44. The second-order valence-corrected chi connectivity index (χ2v) is 8.01. The largest absolute Gasteiger partial charge is 0.216 e. The Kier molecular flexibility index (Phi) is 6.61. The van der Waals surface area contributed by atoms with Crippen LogP contribution in [0.25, 0.3) is 0 Å². The molecule has 0 saturated heterocycles. The highest BCUT2D eigenvalue weighted by molar-refractivity contribution is 5.22. The van der Waals surface area contributed by atoms with Gasteiger partial charge in [0.15, 0.2) is 11.6 Å². The number of rotatable bonds is 5. The lowest BCUT2D eigenvalue weighted by molar-refractivity contribution is 0.157. The Morgan fingerprint density at radius 3 is 2.08 bits per heavy atom. The first-order valence-corrected chi connectivity index (χ1v) is 9.87. The maximum atomic E-state index is 13.4. The van der Waals surface area contributed by atoms with E-state index in [0.29, 0.717) is 12.2 Å². The molecule has 0 radical (unpaired) electrons. The standard InChI is InChI=1S/C22H29F3/c23-14-2-1-3-16-4-6-17(7-5-16)18-8-10-19(11-9-18)20-12-13-21(24)22(25)15-20/h2,12-19H,1,3-11H2/b14-2+. The molecule has 1 aromatic rings. The van der Waals surface area contributed by atoms with E-state index in [1.165, 1.54) is 50.7 Å². The van der Waals surface area contributed by atoms with Gasteiger partial charge in [-0.2, -0.15) is 0 Å². The van der Waals surface area contributed by atoms with Gasteiger partial charge in [0.25, 0.3) is 0 Å². The zero-order valence-corrected chi connectivity index (χ0v) is 14.9.